The van der Waals surface area contributed by atoms with Crippen molar-refractivity contribution in [3.05, 3.63) is 69.7 Å². The molecule has 29 heavy (non-hydrogen) atoms. The van der Waals surface area contributed by atoms with E-state index in [0.29, 0.717) is 23.8 Å². The van der Waals surface area contributed by atoms with E-state index >= 15 is 0 Å². The number of nitrogens with zero attached hydrogens (tertiary/aromatic N) is 4. The number of halogens is 1. The molecule has 5 rings (SSSR count). The van der Waals surface area contributed by atoms with Crippen LogP contribution in [0.15, 0.2) is 48.5 Å². The van der Waals surface area contributed by atoms with Crippen LogP contribution in [-0.4, -0.2) is 32.1 Å². The summed E-state index contributed by atoms with van der Waals surface area (Å²) in [6.45, 7) is 3.23. The molecule has 0 saturated carbocycles. The van der Waals surface area contributed by atoms with E-state index in [4.69, 9.17) is 21.7 Å². The van der Waals surface area contributed by atoms with Crippen LogP contribution >= 0.6 is 22.9 Å². The Morgan fingerprint density at radius 2 is 1.97 bits per heavy atom. The molecule has 0 spiro atoms. The van der Waals surface area contributed by atoms with Gasteiger partial charge in [-0.3, -0.25) is 0 Å². The van der Waals surface area contributed by atoms with Crippen molar-refractivity contribution in [3.63, 3.8) is 0 Å². The Balaban J connectivity index is 1.37. The number of para-hydroxylation sites is 1. The highest BCUT2D eigenvalue weighted by atomic mass is 35.5. The normalized spacial score (nSPS) is 13.5. The average Bonchev–Trinajstić information content (AvgIpc) is 3.27. The second kappa shape index (κ2) is 7.17. The molecule has 1 aliphatic heterocycles. The summed E-state index contributed by atoms with van der Waals surface area (Å²) in [5, 5.41) is 8.14. The Morgan fingerprint density at radius 1 is 1.17 bits per heavy atom. The van der Waals surface area contributed by atoms with Crippen LogP contribution in [0.5, 0.6) is 0 Å². The number of hydrogen-bond donors (Lipinski definition) is 1. The van der Waals surface area contributed by atoms with Crippen LogP contribution in [0.4, 0.5) is 10.5 Å². The van der Waals surface area contributed by atoms with Crippen molar-refractivity contribution in [2.45, 2.75) is 19.9 Å². The summed E-state index contributed by atoms with van der Waals surface area (Å²) in [4.78, 5) is 21.1. The standard InChI is InChI=1S/C21H18ClN5OS/c1-13-6-8-14(9-7-13)19-24-21-27(25-19)17-10-11-26(12-18(17)29-21)20(28)23-16-5-3-2-4-15(16)22/h2-9H,10-12H2,1H3,(H,23,28). The van der Waals surface area contributed by atoms with Crippen LogP contribution in [0.25, 0.3) is 16.3 Å². The smallest absolute Gasteiger partial charge is 0.319 e. The number of hydrogen-bond acceptors (Lipinski definition) is 4. The van der Waals surface area contributed by atoms with Gasteiger partial charge in [0.1, 0.15) is 0 Å². The van der Waals surface area contributed by atoms with Gasteiger partial charge in [-0.25, -0.2) is 9.31 Å². The molecule has 0 bridgehead atoms. The molecule has 146 valence electrons. The van der Waals surface area contributed by atoms with Crippen molar-refractivity contribution in [1.82, 2.24) is 19.5 Å². The van der Waals surface area contributed by atoms with E-state index < -0.39 is 0 Å². The molecule has 0 radical (unpaired) electrons. The number of thiazole rings is 1. The SMILES string of the molecule is Cc1ccc(-c2nc3sc4c(n3n2)CCN(C(=O)Nc2ccccc2Cl)C4)cc1. The zero-order valence-corrected chi connectivity index (χ0v) is 17.3. The summed E-state index contributed by atoms with van der Waals surface area (Å²) in [5.41, 5.74) is 3.98. The molecule has 8 heteroatoms. The summed E-state index contributed by atoms with van der Waals surface area (Å²) in [6, 6.07) is 15.3. The number of anilines is 1. The molecule has 6 nitrogen and oxygen atoms in total. The molecular weight excluding hydrogens is 406 g/mol. The first kappa shape index (κ1) is 18.1. The van der Waals surface area contributed by atoms with E-state index in [1.807, 2.05) is 28.8 Å². The maximum absolute atomic E-state index is 12.7. The lowest BCUT2D eigenvalue weighted by atomic mass is 10.1. The largest absolute Gasteiger partial charge is 0.322 e. The summed E-state index contributed by atoms with van der Waals surface area (Å²) >= 11 is 7.74. The molecular formula is C21H18ClN5OS. The molecule has 0 unspecified atom stereocenters. The molecule has 0 aliphatic carbocycles. The highest BCUT2D eigenvalue weighted by Gasteiger charge is 2.26. The Morgan fingerprint density at radius 3 is 2.76 bits per heavy atom. The molecule has 2 amide bonds. The van der Waals surface area contributed by atoms with Gasteiger partial charge in [-0.15, -0.1) is 5.10 Å². The highest BCUT2D eigenvalue weighted by Crippen LogP contribution is 2.30. The lowest BCUT2D eigenvalue weighted by molar-refractivity contribution is 0.206. The fourth-order valence-electron chi connectivity index (χ4n) is 3.44. The Labute approximate surface area is 176 Å². The third kappa shape index (κ3) is 3.36. The van der Waals surface area contributed by atoms with Crippen molar-refractivity contribution in [2.24, 2.45) is 0 Å². The minimum absolute atomic E-state index is 0.150. The predicted octanol–water partition coefficient (Wildman–Crippen LogP) is 5.01. The van der Waals surface area contributed by atoms with E-state index in [0.717, 1.165) is 33.3 Å². The van der Waals surface area contributed by atoms with Crippen molar-refractivity contribution >= 4 is 39.6 Å². The monoisotopic (exact) mass is 423 g/mol. The number of carbonyl (C=O) groups is 1. The van der Waals surface area contributed by atoms with Crippen LogP contribution in [-0.2, 0) is 13.0 Å². The van der Waals surface area contributed by atoms with Crippen molar-refractivity contribution < 1.29 is 4.79 Å². The summed E-state index contributed by atoms with van der Waals surface area (Å²) in [6.07, 6.45) is 0.738. The van der Waals surface area contributed by atoms with Crippen LogP contribution in [0.2, 0.25) is 5.02 Å². The quantitative estimate of drug-likeness (QED) is 0.493. The van der Waals surface area contributed by atoms with Crippen molar-refractivity contribution in [2.75, 3.05) is 11.9 Å². The fourth-order valence-corrected chi connectivity index (χ4v) is 4.74. The number of rotatable bonds is 2. The first-order chi connectivity index (χ1) is 14.1. The van der Waals surface area contributed by atoms with Crippen molar-refractivity contribution in [1.29, 1.82) is 0 Å². The van der Waals surface area contributed by atoms with Gasteiger partial charge in [-0.1, -0.05) is 64.9 Å². The minimum atomic E-state index is -0.150. The topological polar surface area (TPSA) is 62.5 Å². The lowest BCUT2D eigenvalue weighted by Crippen LogP contribution is -2.38. The van der Waals surface area contributed by atoms with Gasteiger partial charge in [0.05, 0.1) is 22.9 Å². The fraction of sp³-hybridized carbons (Fsp3) is 0.190. The van der Waals surface area contributed by atoms with Crippen LogP contribution in [0, 0.1) is 6.92 Å². The molecule has 0 fully saturated rings. The zero-order chi connectivity index (χ0) is 20.0. The summed E-state index contributed by atoms with van der Waals surface area (Å²) in [7, 11) is 0. The van der Waals surface area contributed by atoms with Gasteiger partial charge in [0, 0.05) is 23.4 Å². The number of amides is 2. The molecule has 0 atom stereocenters. The van der Waals surface area contributed by atoms with Crippen LogP contribution in [0.1, 0.15) is 16.1 Å². The summed E-state index contributed by atoms with van der Waals surface area (Å²) in [5.74, 6) is 0.734. The Kier molecular flexibility index (Phi) is 4.49. The van der Waals surface area contributed by atoms with Crippen LogP contribution < -0.4 is 5.32 Å². The summed E-state index contributed by atoms with van der Waals surface area (Å²) < 4.78 is 1.93. The number of carbonyl (C=O) groups excluding carboxylic acids is 1. The number of urea groups is 1. The average molecular weight is 424 g/mol. The zero-order valence-electron chi connectivity index (χ0n) is 15.7. The number of nitrogens with one attached hydrogen (secondary N) is 1. The second-order valence-electron chi connectivity index (χ2n) is 7.05. The van der Waals surface area contributed by atoms with Gasteiger partial charge in [-0.05, 0) is 19.1 Å². The number of aryl methyl sites for hydroxylation is 1. The van der Waals surface area contributed by atoms with E-state index in [1.165, 1.54) is 5.56 Å². The van der Waals surface area contributed by atoms with E-state index in [2.05, 4.69) is 24.4 Å². The highest BCUT2D eigenvalue weighted by molar-refractivity contribution is 7.17. The van der Waals surface area contributed by atoms with E-state index in [-0.39, 0.29) is 6.03 Å². The first-order valence-electron chi connectivity index (χ1n) is 9.33. The molecule has 2 aromatic heterocycles. The molecule has 3 heterocycles. The molecule has 2 aromatic carbocycles. The molecule has 1 aliphatic rings. The lowest BCUT2D eigenvalue weighted by Gasteiger charge is -2.26. The Bertz CT molecular complexity index is 1210. The third-order valence-corrected chi connectivity index (χ3v) is 6.42. The maximum Gasteiger partial charge on any atom is 0.322 e. The van der Waals surface area contributed by atoms with Gasteiger partial charge in [0.25, 0.3) is 0 Å². The minimum Gasteiger partial charge on any atom is -0.319 e. The van der Waals surface area contributed by atoms with Crippen LogP contribution in [0.3, 0.4) is 0 Å². The molecule has 1 N–H and O–H groups in total. The molecule has 0 saturated heterocycles. The van der Waals surface area contributed by atoms with Crippen molar-refractivity contribution in [3.8, 4) is 11.4 Å². The maximum atomic E-state index is 12.7. The third-order valence-electron chi connectivity index (χ3n) is 5.03. The molecule has 4 aromatic rings. The van der Waals surface area contributed by atoms with Gasteiger partial charge in [-0.2, -0.15) is 4.98 Å². The predicted molar refractivity (Wildman–Crippen MR) is 116 cm³/mol. The van der Waals surface area contributed by atoms with Gasteiger partial charge >= 0.3 is 6.03 Å². The number of benzene rings is 2. The van der Waals surface area contributed by atoms with Gasteiger partial charge < -0.3 is 10.2 Å². The van der Waals surface area contributed by atoms with Gasteiger partial charge in [0.15, 0.2) is 5.82 Å². The van der Waals surface area contributed by atoms with E-state index in [1.54, 1.807) is 28.4 Å². The first-order valence-corrected chi connectivity index (χ1v) is 10.5. The number of aromatic nitrogens is 3. The van der Waals surface area contributed by atoms with Gasteiger partial charge in [0.2, 0.25) is 4.96 Å². The Hall–Kier alpha value is -2.90. The van der Waals surface area contributed by atoms with E-state index in [9.17, 15) is 4.79 Å². The number of fused-ring (bicyclic) bond motifs is 3. The second-order valence-corrected chi connectivity index (χ2v) is 8.52.